The van der Waals surface area contributed by atoms with Crippen LogP contribution in [0.3, 0.4) is 0 Å². The van der Waals surface area contributed by atoms with Crippen molar-refractivity contribution >= 4 is 28.5 Å². The van der Waals surface area contributed by atoms with Gasteiger partial charge in [-0.3, -0.25) is 9.59 Å². The minimum absolute atomic E-state index is 0.0353. The molecular formula is C22H16ClNO7. The molecule has 158 valence electrons. The van der Waals surface area contributed by atoms with Crippen molar-refractivity contribution in [2.75, 3.05) is 7.11 Å². The van der Waals surface area contributed by atoms with Crippen molar-refractivity contribution < 1.29 is 27.9 Å². The summed E-state index contributed by atoms with van der Waals surface area (Å²) in [5.41, 5.74) is -0.0865. The van der Waals surface area contributed by atoms with Crippen LogP contribution in [0.25, 0.3) is 11.0 Å². The third kappa shape index (κ3) is 4.87. The molecule has 31 heavy (non-hydrogen) atoms. The average molecular weight is 442 g/mol. The van der Waals surface area contributed by atoms with Gasteiger partial charge in [0.05, 0.1) is 18.9 Å². The molecule has 8 nitrogen and oxygen atoms in total. The van der Waals surface area contributed by atoms with Gasteiger partial charge in [-0.15, -0.1) is 0 Å². The monoisotopic (exact) mass is 441 g/mol. The molecule has 0 aliphatic rings. The normalized spacial score (nSPS) is 10.8. The van der Waals surface area contributed by atoms with E-state index in [0.29, 0.717) is 29.1 Å². The molecule has 0 N–H and O–H groups in total. The Labute approximate surface area is 180 Å². The highest BCUT2D eigenvalue weighted by molar-refractivity contribution is 6.29. The van der Waals surface area contributed by atoms with Gasteiger partial charge in [0.25, 0.3) is 0 Å². The molecule has 0 fully saturated rings. The van der Waals surface area contributed by atoms with E-state index in [2.05, 4.69) is 5.16 Å². The third-order valence-corrected chi connectivity index (χ3v) is 4.52. The van der Waals surface area contributed by atoms with Crippen molar-refractivity contribution in [3.8, 4) is 23.0 Å². The standard InChI is InChI=1S/C22H16ClNO7/c1-27-13-2-4-14(5-3-13)29-19-12-28-18-10-15(6-8-17(18)22(19)26)30-21(25)9-7-16-11-20(23)24-31-16/h2-6,8,10-12H,7,9H2,1H3. The second-order valence-electron chi connectivity index (χ2n) is 6.45. The summed E-state index contributed by atoms with van der Waals surface area (Å²) in [6.45, 7) is 0. The smallest absolute Gasteiger partial charge is 0.311 e. The number of carbonyl (C=O) groups is 1. The number of halogens is 1. The Balaban J connectivity index is 1.45. The molecular weight excluding hydrogens is 426 g/mol. The maximum atomic E-state index is 12.7. The van der Waals surface area contributed by atoms with Crippen LogP contribution in [0.2, 0.25) is 5.15 Å². The summed E-state index contributed by atoms with van der Waals surface area (Å²) < 4.78 is 26.5. The van der Waals surface area contributed by atoms with E-state index >= 15 is 0 Å². The van der Waals surface area contributed by atoms with Crippen LogP contribution in [-0.4, -0.2) is 18.2 Å². The van der Waals surface area contributed by atoms with Gasteiger partial charge in [-0.1, -0.05) is 16.8 Å². The zero-order valence-corrected chi connectivity index (χ0v) is 17.0. The maximum Gasteiger partial charge on any atom is 0.311 e. The SMILES string of the molecule is COc1ccc(Oc2coc3cc(OC(=O)CCc4cc(Cl)no4)ccc3c2=O)cc1. The number of nitrogens with zero attached hydrogens (tertiary/aromatic N) is 1. The van der Waals surface area contributed by atoms with Crippen LogP contribution < -0.4 is 19.6 Å². The Bertz CT molecular complexity index is 1280. The molecule has 0 aliphatic heterocycles. The van der Waals surface area contributed by atoms with Gasteiger partial charge in [-0.25, -0.2) is 0 Å². The summed E-state index contributed by atoms with van der Waals surface area (Å²) in [7, 11) is 1.56. The third-order valence-electron chi connectivity index (χ3n) is 4.34. The lowest BCUT2D eigenvalue weighted by atomic mass is 10.2. The second kappa shape index (κ2) is 8.93. The molecule has 0 bridgehead atoms. The number of fused-ring (bicyclic) bond motifs is 1. The lowest BCUT2D eigenvalue weighted by molar-refractivity contribution is -0.134. The summed E-state index contributed by atoms with van der Waals surface area (Å²) >= 11 is 5.67. The van der Waals surface area contributed by atoms with Crippen LogP contribution in [0, 0.1) is 0 Å². The Morgan fingerprint density at radius 3 is 2.52 bits per heavy atom. The van der Waals surface area contributed by atoms with Gasteiger partial charge < -0.3 is 23.2 Å². The largest absolute Gasteiger partial charge is 0.497 e. The number of rotatable bonds is 7. The molecule has 0 radical (unpaired) electrons. The molecule has 0 unspecified atom stereocenters. The molecule has 2 aromatic heterocycles. The van der Waals surface area contributed by atoms with Gasteiger partial charge >= 0.3 is 5.97 Å². The number of methoxy groups -OCH3 is 1. The van der Waals surface area contributed by atoms with E-state index in [0.717, 1.165) is 0 Å². The quantitative estimate of drug-likeness (QED) is 0.298. The van der Waals surface area contributed by atoms with Crippen molar-refractivity contribution in [2.45, 2.75) is 12.8 Å². The maximum absolute atomic E-state index is 12.7. The van der Waals surface area contributed by atoms with E-state index in [-0.39, 0.29) is 34.1 Å². The molecule has 0 amide bonds. The van der Waals surface area contributed by atoms with Crippen molar-refractivity contribution in [2.24, 2.45) is 0 Å². The lowest BCUT2D eigenvalue weighted by Crippen LogP contribution is -2.09. The van der Waals surface area contributed by atoms with Gasteiger partial charge in [-0.05, 0) is 36.4 Å². The Kier molecular flexibility index (Phi) is 5.90. The molecule has 2 aromatic carbocycles. The Hall–Kier alpha value is -3.78. The van der Waals surface area contributed by atoms with Gasteiger partial charge in [0.2, 0.25) is 11.2 Å². The average Bonchev–Trinajstić information content (AvgIpc) is 3.20. The zero-order chi connectivity index (χ0) is 21.8. The minimum Gasteiger partial charge on any atom is -0.497 e. The molecule has 0 saturated heterocycles. The highest BCUT2D eigenvalue weighted by atomic mass is 35.5. The van der Waals surface area contributed by atoms with Gasteiger partial charge in [0.1, 0.15) is 34.9 Å². The summed E-state index contributed by atoms with van der Waals surface area (Å²) in [5.74, 6) is 1.42. The minimum atomic E-state index is -0.478. The first-order chi connectivity index (χ1) is 15.0. The lowest BCUT2D eigenvalue weighted by Gasteiger charge is -2.08. The summed E-state index contributed by atoms with van der Waals surface area (Å²) in [4.78, 5) is 24.8. The zero-order valence-electron chi connectivity index (χ0n) is 16.3. The summed E-state index contributed by atoms with van der Waals surface area (Å²) in [6.07, 6.45) is 1.59. The highest BCUT2D eigenvalue weighted by Crippen LogP contribution is 2.25. The first-order valence-corrected chi connectivity index (χ1v) is 9.59. The van der Waals surface area contributed by atoms with E-state index < -0.39 is 5.97 Å². The van der Waals surface area contributed by atoms with Crippen LogP contribution in [0.4, 0.5) is 0 Å². The molecule has 4 aromatic rings. The Morgan fingerprint density at radius 1 is 1.06 bits per heavy atom. The van der Waals surface area contributed by atoms with E-state index in [9.17, 15) is 9.59 Å². The van der Waals surface area contributed by atoms with E-state index in [1.807, 2.05) is 0 Å². The van der Waals surface area contributed by atoms with Crippen molar-refractivity contribution in [3.63, 3.8) is 0 Å². The van der Waals surface area contributed by atoms with Crippen molar-refractivity contribution in [1.29, 1.82) is 0 Å². The van der Waals surface area contributed by atoms with Crippen LogP contribution in [0.15, 0.2) is 68.5 Å². The van der Waals surface area contributed by atoms with E-state index in [1.165, 1.54) is 30.5 Å². The predicted octanol–water partition coefficient (Wildman–Crippen LogP) is 4.77. The van der Waals surface area contributed by atoms with E-state index in [1.54, 1.807) is 31.4 Å². The number of hydrogen-bond acceptors (Lipinski definition) is 8. The number of aromatic nitrogens is 1. The Morgan fingerprint density at radius 2 is 1.81 bits per heavy atom. The van der Waals surface area contributed by atoms with Crippen LogP contribution in [0.5, 0.6) is 23.0 Å². The fraction of sp³-hybridized carbons (Fsp3) is 0.136. The number of hydrogen-bond donors (Lipinski definition) is 0. The van der Waals surface area contributed by atoms with E-state index in [4.69, 9.17) is 34.8 Å². The second-order valence-corrected chi connectivity index (χ2v) is 6.84. The number of aryl methyl sites for hydroxylation is 1. The fourth-order valence-corrected chi connectivity index (χ4v) is 2.97. The molecule has 4 rings (SSSR count). The first-order valence-electron chi connectivity index (χ1n) is 9.21. The van der Waals surface area contributed by atoms with Crippen molar-refractivity contribution in [1.82, 2.24) is 5.16 Å². The van der Waals surface area contributed by atoms with Crippen LogP contribution in [-0.2, 0) is 11.2 Å². The predicted molar refractivity (Wildman–Crippen MR) is 111 cm³/mol. The van der Waals surface area contributed by atoms with Gasteiger partial charge in [-0.2, -0.15) is 0 Å². The first kappa shape index (κ1) is 20.5. The number of ether oxygens (including phenoxy) is 3. The summed E-state index contributed by atoms with van der Waals surface area (Å²) in [6, 6.07) is 12.8. The highest BCUT2D eigenvalue weighted by Gasteiger charge is 2.13. The van der Waals surface area contributed by atoms with Crippen molar-refractivity contribution in [3.05, 3.63) is 75.9 Å². The number of carbonyl (C=O) groups excluding carboxylic acids is 1. The molecule has 9 heteroatoms. The van der Waals surface area contributed by atoms with Crippen LogP contribution >= 0.6 is 11.6 Å². The molecule has 0 atom stereocenters. The molecule has 0 aliphatic carbocycles. The molecule has 0 spiro atoms. The van der Waals surface area contributed by atoms with Gasteiger partial charge in [0, 0.05) is 18.6 Å². The molecule has 2 heterocycles. The summed E-state index contributed by atoms with van der Waals surface area (Å²) in [5, 5.41) is 4.06. The van der Waals surface area contributed by atoms with Crippen LogP contribution in [0.1, 0.15) is 12.2 Å². The fourth-order valence-electron chi connectivity index (χ4n) is 2.81. The van der Waals surface area contributed by atoms with Gasteiger partial charge in [0.15, 0.2) is 5.15 Å². The number of esters is 1. The molecule has 0 saturated carbocycles. The number of benzene rings is 2. The topological polar surface area (TPSA) is 101 Å².